The number of rotatable bonds is 1. The molecule has 3 heterocycles. The van der Waals surface area contributed by atoms with Crippen molar-refractivity contribution in [3.63, 3.8) is 0 Å². The molecule has 0 saturated carbocycles. The molecular formula is C21H23FN4O. The van der Waals surface area contributed by atoms with Gasteiger partial charge in [-0.2, -0.15) is 5.10 Å². The molecule has 3 aromatic rings. The minimum atomic E-state index is -0.366. The molecule has 0 radical (unpaired) electrons. The second-order valence-electron chi connectivity index (χ2n) is 8.15. The molecule has 5 nitrogen and oxygen atoms in total. The summed E-state index contributed by atoms with van der Waals surface area (Å²) in [6.45, 7) is 9.35. The number of aromatic nitrogens is 3. The van der Waals surface area contributed by atoms with Crippen LogP contribution in [0.5, 0.6) is 0 Å². The third-order valence-corrected chi connectivity index (χ3v) is 4.99. The fraction of sp³-hybridized carbons (Fsp3) is 0.381. The van der Waals surface area contributed by atoms with Gasteiger partial charge in [0.25, 0.3) is 5.91 Å². The molecule has 27 heavy (non-hydrogen) atoms. The molecule has 0 aliphatic carbocycles. The van der Waals surface area contributed by atoms with E-state index < -0.39 is 0 Å². The van der Waals surface area contributed by atoms with E-state index in [1.165, 1.54) is 17.8 Å². The second kappa shape index (κ2) is 6.15. The highest BCUT2D eigenvalue weighted by Gasteiger charge is 2.28. The molecule has 1 aromatic carbocycles. The number of carbonyl (C=O) groups excluding carboxylic acids is 1. The van der Waals surface area contributed by atoms with Crippen molar-refractivity contribution in [1.29, 1.82) is 0 Å². The normalized spacial score (nSPS) is 14.5. The summed E-state index contributed by atoms with van der Waals surface area (Å²) in [4.78, 5) is 19.5. The number of aryl methyl sites for hydroxylation is 1. The van der Waals surface area contributed by atoms with Gasteiger partial charge in [0.2, 0.25) is 0 Å². The summed E-state index contributed by atoms with van der Waals surface area (Å²) in [6, 6.07) is 6.13. The van der Waals surface area contributed by atoms with Crippen molar-refractivity contribution in [3.05, 3.63) is 58.8 Å². The first-order chi connectivity index (χ1) is 12.7. The number of benzene rings is 1. The van der Waals surface area contributed by atoms with Gasteiger partial charge in [-0.25, -0.2) is 4.39 Å². The highest BCUT2D eigenvalue weighted by molar-refractivity contribution is 6.06. The van der Waals surface area contributed by atoms with Crippen LogP contribution in [-0.4, -0.2) is 32.1 Å². The van der Waals surface area contributed by atoms with Crippen LogP contribution in [0, 0.1) is 12.7 Å². The van der Waals surface area contributed by atoms with E-state index in [2.05, 4.69) is 30.9 Å². The highest BCUT2D eigenvalue weighted by Crippen LogP contribution is 2.27. The van der Waals surface area contributed by atoms with Crippen molar-refractivity contribution in [2.75, 3.05) is 6.54 Å². The zero-order chi connectivity index (χ0) is 19.3. The van der Waals surface area contributed by atoms with E-state index in [0.717, 1.165) is 17.7 Å². The standard InChI is InChI=1S/C21H23FN4O/c1-13-9-17(16-10-15(22)5-6-18(16)24-13)20(27)25-8-7-19-14(12-25)11-23-26(19)21(2,3)4/h5-6,9-11H,7-8,12H2,1-4H3. The largest absolute Gasteiger partial charge is 0.334 e. The molecule has 0 atom stereocenters. The Morgan fingerprint density at radius 2 is 2.00 bits per heavy atom. The molecule has 1 amide bonds. The van der Waals surface area contributed by atoms with E-state index in [9.17, 15) is 9.18 Å². The van der Waals surface area contributed by atoms with Crippen molar-refractivity contribution in [2.45, 2.75) is 46.2 Å². The fourth-order valence-electron chi connectivity index (χ4n) is 3.76. The van der Waals surface area contributed by atoms with Gasteiger partial charge in [-0.15, -0.1) is 0 Å². The van der Waals surface area contributed by atoms with Gasteiger partial charge in [-0.1, -0.05) is 0 Å². The van der Waals surface area contributed by atoms with E-state index in [-0.39, 0.29) is 17.3 Å². The predicted molar refractivity (Wildman–Crippen MR) is 102 cm³/mol. The third kappa shape index (κ3) is 3.09. The lowest BCUT2D eigenvalue weighted by Crippen LogP contribution is -2.37. The molecule has 0 saturated heterocycles. The number of hydrogen-bond acceptors (Lipinski definition) is 3. The Morgan fingerprint density at radius 3 is 2.74 bits per heavy atom. The maximum Gasteiger partial charge on any atom is 0.254 e. The third-order valence-electron chi connectivity index (χ3n) is 4.99. The SMILES string of the molecule is Cc1cc(C(=O)N2CCc3c(cnn3C(C)(C)C)C2)c2cc(F)ccc2n1. The first kappa shape index (κ1) is 17.6. The fourth-order valence-corrected chi connectivity index (χ4v) is 3.76. The van der Waals surface area contributed by atoms with Gasteiger partial charge in [0, 0.05) is 41.8 Å². The van der Waals surface area contributed by atoms with Crippen LogP contribution in [0.1, 0.15) is 48.1 Å². The van der Waals surface area contributed by atoms with Crippen molar-refractivity contribution in [2.24, 2.45) is 0 Å². The minimum Gasteiger partial charge on any atom is -0.334 e. The number of fused-ring (bicyclic) bond motifs is 2. The lowest BCUT2D eigenvalue weighted by atomic mass is 10.0. The zero-order valence-corrected chi connectivity index (χ0v) is 16.1. The Morgan fingerprint density at radius 1 is 1.22 bits per heavy atom. The summed E-state index contributed by atoms with van der Waals surface area (Å²) >= 11 is 0. The molecule has 0 bridgehead atoms. The number of hydrogen-bond donors (Lipinski definition) is 0. The first-order valence-electron chi connectivity index (χ1n) is 9.16. The molecule has 1 aliphatic rings. The van der Waals surface area contributed by atoms with E-state index in [1.807, 2.05) is 22.7 Å². The van der Waals surface area contributed by atoms with Crippen LogP contribution in [-0.2, 0) is 18.5 Å². The van der Waals surface area contributed by atoms with Gasteiger partial charge < -0.3 is 4.90 Å². The number of amides is 1. The Bertz CT molecular complexity index is 1050. The molecule has 140 valence electrons. The molecule has 1 aliphatic heterocycles. The minimum absolute atomic E-state index is 0.0876. The quantitative estimate of drug-likeness (QED) is 0.658. The average Bonchev–Trinajstić information content (AvgIpc) is 3.04. The van der Waals surface area contributed by atoms with E-state index in [0.29, 0.717) is 29.6 Å². The number of halogens is 1. The van der Waals surface area contributed by atoms with Crippen LogP contribution < -0.4 is 0 Å². The molecular weight excluding hydrogens is 343 g/mol. The Hall–Kier alpha value is -2.76. The van der Waals surface area contributed by atoms with Gasteiger partial charge in [0.15, 0.2) is 0 Å². The maximum absolute atomic E-state index is 13.8. The highest BCUT2D eigenvalue weighted by atomic mass is 19.1. The van der Waals surface area contributed by atoms with Crippen LogP contribution in [0.2, 0.25) is 0 Å². The molecule has 2 aromatic heterocycles. The van der Waals surface area contributed by atoms with Gasteiger partial charge in [0.05, 0.1) is 22.8 Å². The first-order valence-corrected chi connectivity index (χ1v) is 9.16. The molecule has 0 spiro atoms. The van der Waals surface area contributed by atoms with Crippen molar-refractivity contribution >= 4 is 16.8 Å². The molecule has 4 rings (SSSR count). The van der Waals surface area contributed by atoms with Crippen molar-refractivity contribution in [1.82, 2.24) is 19.7 Å². The van der Waals surface area contributed by atoms with E-state index in [1.54, 1.807) is 12.1 Å². The molecule has 6 heteroatoms. The van der Waals surface area contributed by atoms with Gasteiger partial charge >= 0.3 is 0 Å². The summed E-state index contributed by atoms with van der Waals surface area (Å²) in [7, 11) is 0. The molecule has 0 unspecified atom stereocenters. The summed E-state index contributed by atoms with van der Waals surface area (Å²) in [5, 5.41) is 5.09. The van der Waals surface area contributed by atoms with Gasteiger partial charge in [0.1, 0.15) is 5.82 Å². The van der Waals surface area contributed by atoms with Crippen molar-refractivity contribution in [3.8, 4) is 0 Å². The zero-order valence-electron chi connectivity index (χ0n) is 16.1. The van der Waals surface area contributed by atoms with Crippen LogP contribution >= 0.6 is 0 Å². The number of pyridine rings is 1. The van der Waals surface area contributed by atoms with Crippen molar-refractivity contribution < 1.29 is 9.18 Å². The van der Waals surface area contributed by atoms with E-state index >= 15 is 0 Å². The number of carbonyl (C=O) groups is 1. The summed E-state index contributed by atoms with van der Waals surface area (Å²) in [6.07, 6.45) is 2.62. The lowest BCUT2D eigenvalue weighted by Gasteiger charge is -2.30. The molecule has 0 fully saturated rings. The van der Waals surface area contributed by atoms with Crippen LogP contribution in [0.25, 0.3) is 10.9 Å². The number of nitrogens with zero attached hydrogens (tertiary/aromatic N) is 4. The Balaban J connectivity index is 1.70. The second-order valence-corrected chi connectivity index (χ2v) is 8.15. The van der Waals surface area contributed by atoms with Gasteiger partial charge in [-0.05, 0) is 52.0 Å². The smallest absolute Gasteiger partial charge is 0.254 e. The summed E-state index contributed by atoms with van der Waals surface area (Å²) in [5.41, 5.74) is 4.06. The maximum atomic E-state index is 13.8. The lowest BCUT2D eigenvalue weighted by molar-refractivity contribution is 0.0734. The summed E-state index contributed by atoms with van der Waals surface area (Å²) in [5.74, 6) is -0.458. The monoisotopic (exact) mass is 366 g/mol. The average molecular weight is 366 g/mol. The van der Waals surface area contributed by atoms with Crippen LogP contribution in [0.15, 0.2) is 30.5 Å². The van der Waals surface area contributed by atoms with Crippen LogP contribution in [0.4, 0.5) is 4.39 Å². The van der Waals surface area contributed by atoms with E-state index in [4.69, 9.17) is 0 Å². The molecule has 0 N–H and O–H groups in total. The predicted octanol–water partition coefficient (Wildman–Crippen LogP) is 3.83. The summed E-state index contributed by atoms with van der Waals surface area (Å²) < 4.78 is 15.8. The topological polar surface area (TPSA) is 51.0 Å². The Labute approximate surface area is 157 Å². The Kier molecular flexibility index (Phi) is 4.02. The van der Waals surface area contributed by atoms with Crippen LogP contribution in [0.3, 0.4) is 0 Å². The van der Waals surface area contributed by atoms with Gasteiger partial charge in [-0.3, -0.25) is 14.5 Å².